The average Bonchev–Trinajstić information content (AvgIpc) is 3.48. The van der Waals surface area contributed by atoms with Gasteiger partial charge in [0.25, 0.3) is 5.91 Å². The Bertz CT molecular complexity index is 1130. The van der Waals surface area contributed by atoms with Crippen LogP contribution in [0.15, 0.2) is 77.4 Å². The third-order valence-corrected chi connectivity index (χ3v) is 5.14. The lowest BCUT2D eigenvalue weighted by molar-refractivity contribution is -0.117. The molecule has 0 saturated carbocycles. The van der Waals surface area contributed by atoms with E-state index in [-0.39, 0.29) is 30.7 Å². The molecule has 0 unspecified atom stereocenters. The van der Waals surface area contributed by atoms with Gasteiger partial charge >= 0.3 is 0 Å². The van der Waals surface area contributed by atoms with E-state index in [0.29, 0.717) is 23.6 Å². The van der Waals surface area contributed by atoms with Crippen LogP contribution in [-0.2, 0) is 16.0 Å². The fraction of sp³-hybridized carbons (Fsp3) is 0.160. The molecule has 0 spiro atoms. The van der Waals surface area contributed by atoms with Crippen LogP contribution < -0.4 is 15.5 Å². The van der Waals surface area contributed by atoms with Crippen molar-refractivity contribution in [1.29, 1.82) is 0 Å². The van der Waals surface area contributed by atoms with Gasteiger partial charge < -0.3 is 20.0 Å². The summed E-state index contributed by atoms with van der Waals surface area (Å²) in [7, 11) is 0. The predicted octanol–water partition coefficient (Wildman–Crippen LogP) is 3.64. The highest BCUT2D eigenvalue weighted by Crippen LogP contribution is 2.29. The van der Waals surface area contributed by atoms with Gasteiger partial charge in [-0.3, -0.25) is 14.4 Å². The highest BCUT2D eigenvalue weighted by Gasteiger charge is 2.24. The Hall–Kier alpha value is -4.13. The summed E-state index contributed by atoms with van der Waals surface area (Å²) in [6.07, 6.45) is 5.41. The predicted molar refractivity (Wildman–Crippen MR) is 122 cm³/mol. The third kappa shape index (κ3) is 5.13. The van der Waals surface area contributed by atoms with Gasteiger partial charge in [0.05, 0.1) is 6.26 Å². The Morgan fingerprint density at radius 3 is 2.59 bits per heavy atom. The highest BCUT2D eigenvalue weighted by molar-refractivity contribution is 6.07. The standard InChI is InChI=1S/C25H23N3O4/c29-23(12-11-21-5-3-17-32-21)26-15-13-24(30)27-20-9-7-19(8-10-20)25(31)28-16-14-18-4-1-2-6-22(18)28/h1-12,17H,13-16H2,(H,26,29)(H,27,30)/b12-11+. The van der Waals surface area contributed by atoms with Crippen LogP contribution in [0.4, 0.5) is 11.4 Å². The number of fused-ring (bicyclic) bond motifs is 1. The van der Waals surface area contributed by atoms with E-state index in [0.717, 1.165) is 12.1 Å². The van der Waals surface area contributed by atoms with Crippen molar-refractivity contribution in [3.05, 3.63) is 89.9 Å². The van der Waals surface area contributed by atoms with Crippen LogP contribution in [0.3, 0.4) is 0 Å². The summed E-state index contributed by atoms with van der Waals surface area (Å²) in [5.74, 6) is -0.0136. The topological polar surface area (TPSA) is 91.6 Å². The summed E-state index contributed by atoms with van der Waals surface area (Å²) in [6, 6.07) is 18.2. The summed E-state index contributed by atoms with van der Waals surface area (Å²) < 4.78 is 5.11. The summed E-state index contributed by atoms with van der Waals surface area (Å²) in [5.41, 5.74) is 3.29. The Morgan fingerprint density at radius 1 is 1.00 bits per heavy atom. The molecule has 7 nitrogen and oxygen atoms in total. The molecular weight excluding hydrogens is 406 g/mol. The number of amides is 3. The summed E-state index contributed by atoms with van der Waals surface area (Å²) >= 11 is 0. The minimum absolute atomic E-state index is 0.0573. The van der Waals surface area contributed by atoms with E-state index in [4.69, 9.17) is 4.42 Å². The van der Waals surface area contributed by atoms with Crippen molar-refractivity contribution in [2.75, 3.05) is 23.3 Å². The van der Waals surface area contributed by atoms with Crippen molar-refractivity contribution in [2.24, 2.45) is 0 Å². The van der Waals surface area contributed by atoms with E-state index in [1.54, 1.807) is 47.4 Å². The van der Waals surface area contributed by atoms with Crippen LogP contribution in [0.5, 0.6) is 0 Å². The molecule has 1 aliphatic heterocycles. The van der Waals surface area contributed by atoms with E-state index in [1.807, 2.05) is 24.3 Å². The van der Waals surface area contributed by atoms with E-state index < -0.39 is 0 Å². The maximum absolute atomic E-state index is 12.9. The van der Waals surface area contributed by atoms with E-state index in [9.17, 15) is 14.4 Å². The Balaban J connectivity index is 1.24. The molecule has 0 atom stereocenters. The molecular formula is C25H23N3O4. The van der Waals surface area contributed by atoms with Crippen molar-refractivity contribution in [1.82, 2.24) is 5.32 Å². The van der Waals surface area contributed by atoms with Gasteiger partial charge in [-0.2, -0.15) is 0 Å². The molecule has 1 aliphatic rings. The van der Waals surface area contributed by atoms with Crippen molar-refractivity contribution >= 4 is 35.2 Å². The molecule has 0 radical (unpaired) electrons. The average molecular weight is 429 g/mol. The molecule has 162 valence electrons. The maximum Gasteiger partial charge on any atom is 0.258 e. The van der Waals surface area contributed by atoms with Crippen LogP contribution in [0.1, 0.15) is 28.1 Å². The molecule has 0 bridgehead atoms. The zero-order valence-corrected chi connectivity index (χ0v) is 17.4. The number of benzene rings is 2. The first-order valence-electron chi connectivity index (χ1n) is 10.4. The smallest absolute Gasteiger partial charge is 0.258 e. The quantitative estimate of drug-likeness (QED) is 0.561. The molecule has 2 heterocycles. The monoisotopic (exact) mass is 429 g/mol. The number of hydrogen-bond donors (Lipinski definition) is 2. The van der Waals surface area contributed by atoms with Gasteiger partial charge in [0.1, 0.15) is 5.76 Å². The fourth-order valence-electron chi connectivity index (χ4n) is 3.53. The first kappa shape index (κ1) is 21.1. The van der Waals surface area contributed by atoms with Crippen molar-refractivity contribution in [2.45, 2.75) is 12.8 Å². The van der Waals surface area contributed by atoms with Gasteiger partial charge in [0.2, 0.25) is 11.8 Å². The molecule has 3 aromatic rings. The van der Waals surface area contributed by atoms with Crippen LogP contribution in [0.25, 0.3) is 6.08 Å². The number of rotatable bonds is 7. The molecule has 3 amide bonds. The number of nitrogens with one attached hydrogen (secondary N) is 2. The lowest BCUT2D eigenvalue weighted by Crippen LogP contribution is -2.28. The summed E-state index contributed by atoms with van der Waals surface area (Å²) in [5, 5.41) is 5.42. The second kappa shape index (κ2) is 9.78. The molecule has 4 rings (SSSR count). The number of hydrogen-bond acceptors (Lipinski definition) is 4. The van der Waals surface area contributed by atoms with Gasteiger partial charge in [-0.15, -0.1) is 0 Å². The van der Waals surface area contributed by atoms with Crippen LogP contribution >= 0.6 is 0 Å². The molecule has 1 aromatic heterocycles. The molecule has 0 saturated heterocycles. The van der Waals surface area contributed by atoms with Crippen LogP contribution in [-0.4, -0.2) is 30.8 Å². The Labute approximate surface area is 185 Å². The molecule has 0 fully saturated rings. The molecule has 0 aliphatic carbocycles. The minimum atomic E-state index is -0.305. The highest BCUT2D eigenvalue weighted by atomic mass is 16.3. The normalized spacial score (nSPS) is 12.6. The van der Waals surface area contributed by atoms with Gasteiger partial charge in [-0.05, 0) is 60.5 Å². The van der Waals surface area contributed by atoms with Crippen LogP contribution in [0.2, 0.25) is 0 Å². The molecule has 7 heteroatoms. The lowest BCUT2D eigenvalue weighted by atomic mass is 10.1. The van der Waals surface area contributed by atoms with Gasteiger partial charge in [-0.1, -0.05) is 18.2 Å². The van der Waals surface area contributed by atoms with E-state index in [2.05, 4.69) is 10.6 Å². The minimum Gasteiger partial charge on any atom is -0.465 e. The largest absolute Gasteiger partial charge is 0.465 e. The number of anilines is 2. The SMILES string of the molecule is O=C(/C=C/c1ccco1)NCCC(=O)Nc1ccc(C(=O)N2CCc3ccccc32)cc1. The lowest BCUT2D eigenvalue weighted by Gasteiger charge is -2.17. The number of para-hydroxylation sites is 1. The number of carbonyl (C=O) groups is 3. The number of nitrogens with zero attached hydrogens (tertiary/aromatic N) is 1. The molecule has 2 aromatic carbocycles. The van der Waals surface area contributed by atoms with E-state index >= 15 is 0 Å². The Morgan fingerprint density at radius 2 is 1.81 bits per heavy atom. The zero-order valence-electron chi connectivity index (χ0n) is 17.4. The fourth-order valence-corrected chi connectivity index (χ4v) is 3.53. The van der Waals surface area contributed by atoms with Gasteiger partial charge in [-0.25, -0.2) is 0 Å². The second-order valence-electron chi connectivity index (χ2n) is 7.35. The third-order valence-electron chi connectivity index (χ3n) is 5.14. The van der Waals surface area contributed by atoms with Crippen LogP contribution in [0, 0.1) is 0 Å². The van der Waals surface area contributed by atoms with Crippen molar-refractivity contribution in [3.63, 3.8) is 0 Å². The molecule has 32 heavy (non-hydrogen) atoms. The van der Waals surface area contributed by atoms with E-state index in [1.165, 1.54) is 17.9 Å². The van der Waals surface area contributed by atoms with Gasteiger partial charge in [0.15, 0.2) is 0 Å². The maximum atomic E-state index is 12.9. The Kier molecular flexibility index (Phi) is 6.46. The second-order valence-corrected chi connectivity index (χ2v) is 7.35. The summed E-state index contributed by atoms with van der Waals surface area (Å²) in [6.45, 7) is 0.872. The molecule has 2 N–H and O–H groups in total. The van der Waals surface area contributed by atoms with Crippen molar-refractivity contribution in [3.8, 4) is 0 Å². The van der Waals surface area contributed by atoms with Gasteiger partial charge in [0, 0.05) is 42.5 Å². The number of carbonyl (C=O) groups excluding carboxylic acids is 3. The zero-order chi connectivity index (χ0) is 22.3. The van der Waals surface area contributed by atoms with Crippen molar-refractivity contribution < 1.29 is 18.8 Å². The number of furan rings is 1. The first-order chi connectivity index (χ1) is 15.6. The first-order valence-corrected chi connectivity index (χ1v) is 10.4. The summed E-state index contributed by atoms with van der Waals surface area (Å²) in [4.78, 5) is 38.5.